The van der Waals surface area contributed by atoms with Gasteiger partial charge < -0.3 is 9.88 Å². The summed E-state index contributed by atoms with van der Waals surface area (Å²) in [6, 6.07) is 1.66. The number of amides is 3. The van der Waals surface area contributed by atoms with E-state index in [-0.39, 0.29) is 17.8 Å². The number of nitrogens with zero attached hydrogens (tertiary/aromatic N) is 7. The first-order chi connectivity index (χ1) is 13.8. The molecule has 10 nitrogen and oxygen atoms in total. The van der Waals surface area contributed by atoms with Gasteiger partial charge in [-0.1, -0.05) is 13.8 Å². The molecule has 0 radical (unpaired) electrons. The van der Waals surface area contributed by atoms with Crippen LogP contribution in [0.2, 0.25) is 0 Å². The molecule has 2 saturated heterocycles. The van der Waals surface area contributed by atoms with Gasteiger partial charge in [0, 0.05) is 26.7 Å². The minimum Gasteiger partial charge on any atom is -0.323 e. The van der Waals surface area contributed by atoms with Crippen molar-refractivity contribution < 1.29 is 9.59 Å². The summed E-state index contributed by atoms with van der Waals surface area (Å²) in [6.07, 6.45) is 2.74. The van der Waals surface area contributed by atoms with E-state index in [1.165, 1.54) is 11.9 Å². The van der Waals surface area contributed by atoms with Gasteiger partial charge in [0.05, 0.1) is 12.7 Å². The number of fused-ring (bicyclic) bond motifs is 1. The molecule has 2 aliphatic rings. The fraction of sp³-hybridized carbons (Fsp3) is 0.579. The van der Waals surface area contributed by atoms with Gasteiger partial charge >= 0.3 is 6.03 Å². The lowest BCUT2D eigenvalue weighted by atomic mass is 9.87. The normalized spacial score (nSPS) is 19.3. The largest absolute Gasteiger partial charge is 0.324 e. The maximum absolute atomic E-state index is 12.5. The predicted octanol–water partition coefficient (Wildman–Crippen LogP) is 0.870. The van der Waals surface area contributed by atoms with Crippen LogP contribution in [0.3, 0.4) is 0 Å². The van der Waals surface area contributed by atoms with Gasteiger partial charge in [0.2, 0.25) is 5.82 Å². The number of carbonyl (C=O) groups excluding carboxylic acids is 2. The Morgan fingerprint density at radius 2 is 2.00 bits per heavy atom. The molecule has 0 aliphatic carbocycles. The van der Waals surface area contributed by atoms with Gasteiger partial charge in [-0.2, -0.15) is 10.2 Å². The summed E-state index contributed by atoms with van der Waals surface area (Å²) in [5, 5.41) is 12.0. The number of hydrogen-bond donors (Lipinski definition) is 1. The number of imide groups is 1. The molecule has 2 fully saturated rings. The van der Waals surface area contributed by atoms with Crippen LogP contribution in [-0.4, -0.2) is 66.9 Å². The average molecular weight is 396 g/mol. The number of rotatable bonds is 4. The first kappa shape index (κ1) is 19.3. The van der Waals surface area contributed by atoms with Crippen LogP contribution in [0.25, 0.3) is 11.2 Å². The van der Waals surface area contributed by atoms with Crippen molar-refractivity contribution in [2.45, 2.75) is 45.3 Å². The van der Waals surface area contributed by atoms with Crippen molar-refractivity contribution in [2.24, 2.45) is 5.92 Å². The number of hydrogen-bond acceptors (Lipinski definition) is 7. The van der Waals surface area contributed by atoms with Crippen LogP contribution in [0.4, 0.5) is 4.79 Å². The number of likely N-dealkylation sites (N-methyl/N-ethyl adjacent to an activating group) is 1. The molecule has 152 valence electrons. The molecule has 2 aromatic rings. The molecule has 0 aromatic carbocycles. The number of nitrogens with one attached hydrogen (secondary N) is 1. The SMILES string of the molecule is CC(C)Cn1c(CN2CCC3(CC2)NC(=O)N(C)C3=O)nc2cnc(C#N)nc21. The summed E-state index contributed by atoms with van der Waals surface area (Å²) in [5.41, 5.74) is 0.578. The van der Waals surface area contributed by atoms with E-state index in [0.29, 0.717) is 49.6 Å². The average Bonchev–Trinajstić information content (AvgIpc) is 3.13. The fourth-order valence-corrected chi connectivity index (χ4v) is 4.08. The third kappa shape index (κ3) is 3.31. The summed E-state index contributed by atoms with van der Waals surface area (Å²) < 4.78 is 2.06. The van der Waals surface area contributed by atoms with Gasteiger partial charge in [0.15, 0.2) is 5.65 Å². The van der Waals surface area contributed by atoms with Crippen LogP contribution in [0, 0.1) is 17.2 Å². The highest BCUT2D eigenvalue weighted by atomic mass is 16.2. The third-order valence-corrected chi connectivity index (χ3v) is 5.65. The molecular formula is C19H24N8O2. The summed E-state index contributed by atoms with van der Waals surface area (Å²) in [6.45, 7) is 6.96. The van der Waals surface area contributed by atoms with Crippen molar-refractivity contribution in [1.29, 1.82) is 5.26 Å². The lowest BCUT2D eigenvalue weighted by Gasteiger charge is -2.37. The number of carbonyl (C=O) groups is 2. The van der Waals surface area contributed by atoms with Crippen molar-refractivity contribution in [3.8, 4) is 6.07 Å². The fourth-order valence-electron chi connectivity index (χ4n) is 4.08. The molecule has 0 unspecified atom stereocenters. The zero-order valence-electron chi connectivity index (χ0n) is 16.8. The smallest absolute Gasteiger partial charge is 0.323 e. The minimum atomic E-state index is -0.770. The monoisotopic (exact) mass is 396 g/mol. The highest BCUT2D eigenvalue weighted by molar-refractivity contribution is 6.06. The first-order valence-corrected chi connectivity index (χ1v) is 9.78. The van der Waals surface area contributed by atoms with E-state index in [0.717, 1.165) is 12.4 Å². The second-order valence-corrected chi connectivity index (χ2v) is 8.20. The molecular weight excluding hydrogens is 372 g/mol. The molecule has 2 aromatic heterocycles. The molecule has 10 heteroatoms. The Bertz CT molecular complexity index is 1010. The van der Waals surface area contributed by atoms with Crippen LogP contribution < -0.4 is 5.32 Å². The molecule has 29 heavy (non-hydrogen) atoms. The summed E-state index contributed by atoms with van der Waals surface area (Å²) in [4.78, 5) is 40.8. The molecule has 4 rings (SSSR count). The van der Waals surface area contributed by atoms with Gasteiger partial charge in [0.25, 0.3) is 5.91 Å². The van der Waals surface area contributed by atoms with E-state index in [1.807, 2.05) is 6.07 Å². The first-order valence-electron chi connectivity index (χ1n) is 9.78. The summed E-state index contributed by atoms with van der Waals surface area (Å²) >= 11 is 0. The van der Waals surface area contributed by atoms with Crippen LogP contribution in [0.5, 0.6) is 0 Å². The number of imidazole rings is 1. The highest BCUT2D eigenvalue weighted by Gasteiger charge is 2.50. The maximum Gasteiger partial charge on any atom is 0.324 e. The van der Waals surface area contributed by atoms with Gasteiger partial charge in [0.1, 0.15) is 22.9 Å². The highest BCUT2D eigenvalue weighted by Crippen LogP contribution is 2.29. The molecule has 0 bridgehead atoms. The van der Waals surface area contributed by atoms with Crippen LogP contribution in [-0.2, 0) is 17.9 Å². The Kier molecular flexibility index (Phi) is 4.70. The van der Waals surface area contributed by atoms with E-state index in [2.05, 4.69) is 38.6 Å². The van der Waals surface area contributed by atoms with Crippen molar-refractivity contribution in [2.75, 3.05) is 20.1 Å². The number of piperidine rings is 1. The minimum absolute atomic E-state index is 0.133. The van der Waals surface area contributed by atoms with Gasteiger partial charge in [-0.05, 0) is 18.8 Å². The lowest BCUT2D eigenvalue weighted by Crippen LogP contribution is -2.54. The molecule has 1 spiro atoms. The zero-order valence-corrected chi connectivity index (χ0v) is 16.8. The predicted molar refractivity (Wildman–Crippen MR) is 103 cm³/mol. The molecule has 0 atom stereocenters. The Morgan fingerprint density at radius 1 is 1.28 bits per heavy atom. The number of aromatic nitrogens is 4. The van der Waals surface area contributed by atoms with Gasteiger partial charge in [-0.25, -0.2) is 14.8 Å². The van der Waals surface area contributed by atoms with Crippen molar-refractivity contribution in [3.05, 3.63) is 17.8 Å². The van der Waals surface area contributed by atoms with Gasteiger partial charge in [-0.3, -0.25) is 14.6 Å². The molecule has 0 saturated carbocycles. The second kappa shape index (κ2) is 7.08. The number of nitriles is 1. The molecule has 2 aliphatic heterocycles. The molecule has 4 heterocycles. The van der Waals surface area contributed by atoms with E-state index in [9.17, 15) is 9.59 Å². The number of urea groups is 1. The third-order valence-electron chi connectivity index (χ3n) is 5.65. The lowest BCUT2D eigenvalue weighted by molar-refractivity contribution is -0.132. The topological polar surface area (TPSA) is 120 Å². The van der Waals surface area contributed by atoms with Crippen LogP contribution >= 0.6 is 0 Å². The van der Waals surface area contributed by atoms with E-state index < -0.39 is 5.54 Å². The van der Waals surface area contributed by atoms with Crippen molar-refractivity contribution >= 4 is 23.1 Å². The Balaban J connectivity index is 1.55. The van der Waals surface area contributed by atoms with Crippen LogP contribution in [0.15, 0.2) is 6.20 Å². The standard InChI is InChI=1S/C19H24N8O2/c1-12(2)10-27-15(22-13-9-21-14(8-20)23-16(13)27)11-26-6-4-19(5-7-26)17(28)25(3)18(29)24-19/h9,12H,4-7,10-11H2,1-3H3,(H,24,29). The molecule has 3 amide bonds. The quantitative estimate of drug-likeness (QED) is 0.761. The van der Waals surface area contributed by atoms with Gasteiger partial charge in [-0.15, -0.1) is 0 Å². The Hall–Kier alpha value is -3.06. The Morgan fingerprint density at radius 3 is 2.59 bits per heavy atom. The number of likely N-dealkylation sites (tertiary alicyclic amines) is 1. The van der Waals surface area contributed by atoms with Crippen molar-refractivity contribution in [1.82, 2.24) is 34.6 Å². The van der Waals surface area contributed by atoms with E-state index >= 15 is 0 Å². The Labute approximate surface area is 168 Å². The second-order valence-electron chi connectivity index (χ2n) is 8.20. The molecule has 1 N–H and O–H groups in total. The maximum atomic E-state index is 12.5. The van der Waals surface area contributed by atoms with Crippen LogP contribution in [0.1, 0.15) is 38.3 Å². The summed E-state index contributed by atoms with van der Waals surface area (Å²) in [5.74, 6) is 1.24. The van der Waals surface area contributed by atoms with E-state index in [4.69, 9.17) is 10.2 Å². The van der Waals surface area contributed by atoms with E-state index in [1.54, 1.807) is 6.20 Å². The zero-order chi connectivity index (χ0) is 20.8. The summed E-state index contributed by atoms with van der Waals surface area (Å²) in [7, 11) is 1.52. The van der Waals surface area contributed by atoms with Crippen molar-refractivity contribution in [3.63, 3.8) is 0 Å².